The lowest BCUT2D eigenvalue weighted by atomic mass is 10.2. The quantitative estimate of drug-likeness (QED) is 0.869. The maximum atomic E-state index is 6.10. The fourth-order valence-corrected chi connectivity index (χ4v) is 1.77. The molecule has 0 radical (unpaired) electrons. The van der Waals surface area contributed by atoms with Crippen LogP contribution in [0.5, 0.6) is 0 Å². The van der Waals surface area contributed by atoms with Crippen LogP contribution in [0.2, 0.25) is 5.02 Å². The van der Waals surface area contributed by atoms with E-state index in [0.29, 0.717) is 13.1 Å². The number of tetrazole rings is 1. The number of halogens is 1. The number of hydrogen-bond acceptors (Lipinski definition) is 4. The molecule has 0 amide bonds. The third-order valence-corrected chi connectivity index (χ3v) is 2.86. The number of rotatable bonds is 5. The molecule has 0 bridgehead atoms. The maximum absolute atomic E-state index is 6.10. The summed E-state index contributed by atoms with van der Waals surface area (Å²) in [6.07, 6.45) is 1.66. The molecule has 17 heavy (non-hydrogen) atoms. The third-order valence-electron chi connectivity index (χ3n) is 2.49. The lowest BCUT2D eigenvalue weighted by molar-refractivity contribution is 0.609. The molecule has 1 heterocycles. The molecule has 1 aromatic heterocycles. The molecular formula is C11H14ClN5. The molecule has 6 heteroatoms. The summed E-state index contributed by atoms with van der Waals surface area (Å²) in [5.41, 5.74) is 6.48. The molecule has 0 saturated carbocycles. The molecule has 90 valence electrons. The van der Waals surface area contributed by atoms with Crippen molar-refractivity contribution in [2.24, 2.45) is 5.73 Å². The standard InChI is InChI=1S/C11H14ClN5/c12-10-5-2-1-4-9(10)8-17-11(6-3-7-13)14-15-16-17/h1-2,4-5H,3,6-8,13H2. The van der Waals surface area contributed by atoms with E-state index in [-0.39, 0.29) is 0 Å². The van der Waals surface area contributed by atoms with Crippen LogP contribution in [0.3, 0.4) is 0 Å². The second kappa shape index (κ2) is 5.75. The van der Waals surface area contributed by atoms with Crippen LogP contribution in [0.1, 0.15) is 17.8 Å². The molecule has 5 nitrogen and oxygen atoms in total. The van der Waals surface area contributed by atoms with Crippen molar-refractivity contribution in [1.82, 2.24) is 20.2 Å². The first-order valence-corrected chi connectivity index (χ1v) is 5.87. The van der Waals surface area contributed by atoms with Gasteiger partial charge in [0.25, 0.3) is 0 Å². The summed E-state index contributed by atoms with van der Waals surface area (Å²) in [7, 11) is 0. The van der Waals surface area contributed by atoms with E-state index in [2.05, 4.69) is 15.5 Å². The van der Waals surface area contributed by atoms with Gasteiger partial charge in [-0.25, -0.2) is 4.68 Å². The van der Waals surface area contributed by atoms with Crippen molar-refractivity contribution in [3.8, 4) is 0 Å². The minimum Gasteiger partial charge on any atom is -0.330 e. The van der Waals surface area contributed by atoms with E-state index in [1.165, 1.54) is 0 Å². The van der Waals surface area contributed by atoms with Crippen molar-refractivity contribution in [2.45, 2.75) is 19.4 Å². The topological polar surface area (TPSA) is 69.6 Å². The molecule has 0 atom stereocenters. The van der Waals surface area contributed by atoms with Gasteiger partial charge in [0, 0.05) is 11.4 Å². The molecule has 0 aliphatic heterocycles. The average Bonchev–Trinajstić information content (AvgIpc) is 2.77. The highest BCUT2D eigenvalue weighted by molar-refractivity contribution is 6.31. The zero-order chi connectivity index (χ0) is 12.1. The Morgan fingerprint density at radius 3 is 2.88 bits per heavy atom. The second-order valence-corrected chi connectivity index (χ2v) is 4.14. The predicted octanol–water partition coefficient (Wildman–Crippen LogP) is 1.27. The fourth-order valence-electron chi connectivity index (χ4n) is 1.57. The Bertz CT molecular complexity index is 482. The molecule has 0 aliphatic carbocycles. The zero-order valence-corrected chi connectivity index (χ0v) is 10.1. The Kier molecular flexibility index (Phi) is 4.06. The van der Waals surface area contributed by atoms with Crippen molar-refractivity contribution in [1.29, 1.82) is 0 Å². The normalized spacial score (nSPS) is 10.7. The molecule has 0 fully saturated rings. The highest BCUT2D eigenvalue weighted by Crippen LogP contribution is 2.16. The van der Waals surface area contributed by atoms with E-state index in [4.69, 9.17) is 17.3 Å². The second-order valence-electron chi connectivity index (χ2n) is 3.74. The van der Waals surface area contributed by atoms with Gasteiger partial charge in [0.2, 0.25) is 0 Å². The SMILES string of the molecule is NCCCc1nnnn1Cc1ccccc1Cl. The summed E-state index contributed by atoms with van der Waals surface area (Å²) in [5.74, 6) is 0.843. The van der Waals surface area contributed by atoms with Gasteiger partial charge in [-0.15, -0.1) is 5.10 Å². The molecule has 0 unspecified atom stereocenters. The van der Waals surface area contributed by atoms with Gasteiger partial charge in [0.1, 0.15) is 0 Å². The largest absolute Gasteiger partial charge is 0.330 e. The molecule has 2 N–H and O–H groups in total. The molecule has 0 saturated heterocycles. The number of nitrogens with zero attached hydrogens (tertiary/aromatic N) is 4. The Balaban J connectivity index is 2.13. The van der Waals surface area contributed by atoms with Crippen LogP contribution in [0.25, 0.3) is 0 Å². The van der Waals surface area contributed by atoms with Crippen LogP contribution in [-0.2, 0) is 13.0 Å². The highest BCUT2D eigenvalue weighted by Gasteiger charge is 2.07. The number of aromatic nitrogens is 4. The van der Waals surface area contributed by atoms with E-state index in [0.717, 1.165) is 29.3 Å². The first-order chi connectivity index (χ1) is 8.31. The van der Waals surface area contributed by atoms with Gasteiger partial charge >= 0.3 is 0 Å². The minimum atomic E-state index is 0.590. The summed E-state index contributed by atoms with van der Waals surface area (Å²) in [6.45, 7) is 1.23. The summed E-state index contributed by atoms with van der Waals surface area (Å²) in [5, 5.41) is 12.4. The average molecular weight is 252 g/mol. The van der Waals surface area contributed by atoms with Crippen LogP contribution >= 0.6 is 11.6 Å². The van der Waals surface area contributed by atoms with Crippen molar-refractivity contribution >= 4 is 11.6 Å². The van der Waals surface area contributed by atoms with Crippen molar-refractivity contribution in [3.05, 3.63) is 40.7 Å². The van der Waals surface area contributed by atoms with Crippen molar-refractivity contribution < 1.29 is 0 Å². The van der Waals surface area contributed by atoms with Crippen LogP contribution in [0.4, 0.5) is 0 Å². The smallest absolute Gasteiger partial charge is 0.151 e. The highest BCUT2D eigenvalue weighted by atomic mass is 35.5. The van der Waals surface area contributed by atoms with Crippen LogP contribution < -0.4 is 5.73 Å². The fraction of sp³-hybridized carbons (Fsp3) is 0.364. The van der Waals surface area contributed by atoms with Gasteiger partial charge in [-0.2, -0.15) is 0 Å². The first-order valence-electron chi connectivity index (χ1n) is 5.50. The summed E-state index contributed by atoms with van der Waals surface area (Å²) < 4.78 is 1.76. The van der Waals surface area contributed by atoms with E-state index in [1.807, 2.05) is 24.3 Å². The van der Waals surface area contributed by atoms with Gasteiger partial charge in [-0.05, 0) is 35.0 Å². The van der Waals surface area contributed by atoms with Gasteiger partial charge < -0.3 is 5.73 Å². The molecule has 0 aliphatic rings. The number of nitrogens with two attached hydrogens (primary N) is 1. The molecule has 2 aromatic rings. The van der Waals surface area contributed by atoms with Crippen LogP contribution in [0, 0.1) is 0 Å². The Morgan fingerprint density at radius 2 is 2.12 bits per heavy atom. The molecule has 1 aromatic carbocycles. The van der Waals surface area contributed by atoms with E-state index >= 15 is 0 Å². The van der Waals surface area contributed by atoms with Crippen LogP contribution in [-0.4, -0.2) is 26.8 Å². The Morgan fingerprint density at radius 1 is 1.29 bits per heavy atom. The predicted molar refractivity (Wildman–Crippen MR) is 65.7 cm³/mol. The van der Waals surface area contributed by atoms with Crippen molar-refractivity contribution in [3.63, 3.8) is 0 Å². The minimum absolute atomic E-state index is 0.590. The monoisotopic (exact) mass is 251 g/mol. The van der Waals surface area contributed by atoms with E-state index < -0.39 is 0 Å². The maximum Gasteiger partial charge on any atom is 0.151 e. The van der Waals surface area contributed by atoms with Gasteiger partial charge in [-0.3, -0.25) is 0 Å². The number of benzene rings is 1. The lowest BCUT2D eigenvalue weighted by Crippen LogP contribution is -2.09. The zero-order valence-electron chi connectivity index (χ0n) is 9.38. The van der Waals surface area contributed by atoms with Crippen molar-refractivity contribution in [2.75, 3.05) is 6.54 Å². The molecular weight excluding hydrogens is 238 g/mol. The summed E-state index contributed by atoms with van der Waals surface area (Å²) >= 11 is 6.10. The molecule has 0 spiro atoms. The summed E-state index contributed by atoms with van der Waals surface area (Å²) in [4.78, 5) is 0. The first kappa shape index (κ1) is 12.0. The number of aryl methyl sites for hydroxylation is 1. The molecule has 2 rings (SSSR count). The third kappa shape index (κ3) is 3.01. The Labute approximate surface area is 105 Å². The van der Waals surface area contributed by atoms with E-state index in [9.17, 15) is 0 Å². The van der Waals surface area contributed by atoms with Gasteiger partial charge in [0.05, 0.1) is 6.54 Å². The number of hydrogen-bond donors (Lipinski definition) is 1. The lowest BCUT2D eigenvalue weighted by Gasteiger charge is -2.05. The van der Waals surface area contributed by atoms with Gasteiger partial charge in [0.15, 0.2) is 5.82 Å². The van der Waals surface area contributed by atoms with Crippen LogP contribution in [0.15, 0.2) is 24.3 Å². The summed E-state index contributed by atoms with van der Waals surface area (Å²) in [6, 6.07) is 7.68. The Hall–Kier alpha value is -1.46. The van der Waals surface area contributed by atoms with Gasteiger partial charge in [-0.1, -0.05) is 29.8 Å². The van der Waals surface area contributed by atoms with E-state index in [1.54, 1.807) is 4.68 Å².